The molecule has 1 amide bonds. The highest BCUT2D eigenvalue weighted by molar-refractivity contribution is 7.90. The van der Waals surface area contributed by atoms with Crippen LogP contribution >= 0.6 is 11.6 Å². The molecule has 7 nitrogen and oxygen atoms in total. The molecule has 2 aliphatic heterocycles. The van der Waals surface area contributed by atoms with Crippen LogP contribution in [0.2, 0.25) is 5.02 Å². The van der Waals surface area contributed by atoms with E-state index in [4.69, 9.17) is 16.3 Å². The topological polar surface area (TPSA) is 95.9 Å². The van der Waals surface area contributed by atoms with Crippen LogP contribution in [-0.2, 0) is 21.9 Å². The average Bonchev–Trinajstić information content (AvgIpc) is 3.06. The van der Waals surface area contributed by atoms with Crippen LogP contribution in [0.5, 0.6) is 5.75 Å². The minimum atomic E-state index is -3.89. The first kappa shape index (κ1) is 29.8. The van der Waals surface area contributed by atoms with Gasteiger partial charge >= 0.3 is 0 Å². The Hall–Kier alpha value is -2.29. The van der Waals surface area contributed by atoms with E-state index in [2.05, 4.69) is 21.8 Å². The smallest absolute Gasteiger partial charge is 0.264 e. The van der Waals surface area contributed by atoms with Gasteiger partial charge in [0.25, 0.3) is 5.91 Å². The summed E-state index contributed by atoms with van der Waals surface area (Å²) in [5.74, 6) is 0.505. The number of rotatable bonds is 1. The number of hydrogen-bond donors (Lipinski definition) is 2. The van der Waals surface area contributed by atoms with Crippen molar-refractivity contribution in [1.82, 2.24) is 4.72 Å². The van der Waals surface area contributed by atoms with E-state index in [0.717, 1.165) is 55.8 Å². The zero-order valence-electron chi connectivity index (χ0n) is 24.6. The molecule has 2 aromatic carbocycles. The van der Waals surface area contributed by atoms with Gasteiger partial charge in [-0.25, -0.2) is 13.1 Å². The number of halogens is 1. The Morgan fingerprint density at radius 3 is 2.64 bits per heavy atom. The van der Waals surface area contributed by atoms with Gasteiger partial charge in [0.05, 0.1) is 23.6 Å². The third-order valence-electron chi connectivity index (χ3n) is 10.3. The van der Waals surface area contributed by atoms with Gasteiger partial charge in [-0.05, 0) is 104 Å². The second kappa shape index (κ2) is 11.7. The maximum atomic E-state index is 13.4. The van der Waals surface area contributed by atoms with Crippen LogP contribution in [0, 0.1) is 17.8 Å². The number of aliphatic hydroxyl groups excluding tert-OH is 1. The first-order valence-corrected chi connectivity index (χ1v) is 17.5. The molecular weight excluding hydrogens is 572 g/mol. The predicted molar refractivity (Wildman–Crippen MR) is 166 cm³/mol. The van der Waals surface area contributed by atoms with Gasteiger partial charge in [0.1, 0.15) is 5.75 Å². The van der Waals surface area contributed by atoms with E-state index in [0.29, 0.717) is 49.6 Å². The SMILES string of the molecule is CC(C)[C@H]1CCCC[C@H](O)[C@@H]2CCC2CN2C[C@@]3(CCCc4cc(Cl)ccc43)COc3ccc(cc32)C(=O)NS1(=O)=O. The quantitative estimate of drug-likeness (QED) is 0.418. The van der Waals surface area contributed by atoms with Crippen LogP contribution < -0.4 is 14.4 Å². The summed E-state index contributed by atoms with van der Waals surface area (Å²) in [7, 11) is -3.89. The Morgan fingerprint density at radius 1 is 1.07 bits per heavy atom. The second-order valence-corrected chi connectivity index (χ2v) is 15.7. The fourth-order valence-corrected chi connectivity index (χ4v) is 9.81. The number of amides is 1. The van der Waals surface area contributed by atoms with Crippen LogP contribution in [0.4, 0.5) is 5.69 Å². The third-order valence-corrected chi connectivity index (χ3v) is 12.6. The molecule has 5 atom stereocenters. The van der Waals surface area contributed by atoms with Crippen molar-refractivity contribution in [3.63, 3.8) is 0 Å². The molecular formula is C33H43ClN2O5S. The summed E-state index contributed by atoms with van der Waals surface area (Å²) in [5.41, 5.74) is 3.40. The summed E-state index contributed by atoms with van der Waals surface area (Å²) >= 11 is 6.39. The lowest BCUT2D eigenvalue weighted by atomic mass is 9.68. The average molecular weight is 615 g/mol. The van der Waals surface area contributed by atoms with E-state index in [-0.39, 0.29) is 17.3 Å². The lowest BCUT2D eigenvalue weighted by Crippen LogP contribution is -2.49. The largest absolute Gasteiger partial charge is 0.490 e. The van der Waals surface area contributed by atoms with Crippen molar-refractivity contribution in [2.75, 3.05) is 24.6 Å². The van der Waals surface area contributed by atoms with Gasteiger partial charge in [-0.3, -0.25) is 4.79 Å². The molecule has 2 bridgehead atoms. The van der Waals surface area contributed by atoms with Crippen molar-refractivity contribution in [3.8, 4) is 5.75 Å². The predicted octanol–water partition coefficient (Wildman–Crippen LogP) is 5.86. The van der Waals surface area contributed by atoms with Crippen molar-refractivity contribution in [1.29, 1.82) is 0 Å². The summed E-state index contributed by atoms with van der Waals surface area (Å²) in [6.45, 7) is 5.74. The van der Waals surface area contributed by atoms with Crippen molar-refractivity contribution in [2.24, 2.45) is 17.8 Å². The molecule has 228 valence electrons. The van der Waals surface area contributed by atoms with Crippen LogP contribution in [-0.4, -0.2) is 50.5 Å². The van der Waals surface area contributed by atoms with E-state index in [9.17, 15) is 18.3 Å². The fraction of sp³-hybridized carbons (Fsp3) is 0.606. The lowest BCUT2D eigenvalue weighted by molar-refractivity contribution is 0.00901. The van der Waals surface area contributed by atoms with Crippen molar-refractivity contribution in [2.45, 2.75) is 88.4 Å². The summed E-state index contributed by atoms with van der Waals surface area (Å²) in [5, 5.41) is 11.3. The number of hydrogen-bond acceptors (Lipinski definition) is 6. The molecule has 9 heteroatoms. The van der Waals surface area contributed by atoms with Crippen LogP contribution in [0.1, 0.15) is 86.7 Å². The molecule has 2 heterocycles. The number of nitrogens with zero attached hydrogens (tertiary/aromatic N) is 1. The molecule has 2 N–H and O–H groups in total. The second-order valence-electron chi connectivity index (χ2n) is 13.4. The zero-order valence-corrected chi connectivity index (χ0v) is 26.2. The first-order chi connectivity index (χ1) is 20.1. The maximum absolute atomic E-state index is 13.4. The van der Waals surface area contributed by atoms with Crippen molar-refractivity contribution >= 4 is 33.2 Å². The molecule has 1 unspecified atom stereocenters. The van der Waals surface area contributed by atoms with Crippen molar-refractivity contribution in [3.05, 3.63) is 58.1 Å². The van der Waals surface area contributed by atoms with Gasteiger partial charge in [-0.2, -0.15) is 0 Å². The van der Waals surface area contributed by atoms with Gasteiger partial charge in [-0.15, -0.1) is 0 Å². The summed E-state index contributed by atoms with van der Waals surface area (Å²) in [4.78, 5) is 15.8. The Labute approximate surface area is 255 Å². The van der Waals surface area contributed by atoms with E-state index >= 15 is 0 Å². The number of carbonyl (C=O) groups excluding carboxylic acids is 1. The summed E-state index contributed by atoms with van der Waals surface area (Å²) in [6.07, 6.45) is 7.24. The van der Waals surface area contributed by atoms with Gasteiger partial charge in [0.15, 0.2) is 0 Å². The molecule has 42 heavy (non-hydrogen) atoms. The number of aliphatic hydroxyl groups is 1. The highest BCUT2D eigenvalue weighted by Crippen LogP contribution is 2.47. The highest BCUT2D eigenvalue weighted by Gasteiger charge is 2.44. The maximum Gasteiger partial charge on any atom is 0.264 e. The Kier molecular flexibility index (Phi) is 8.26. The fourth-order valence-electron chi connectivity index (χ4n) is 7.89. The molecule has 1 spiro atoms. The molecule has 0 saturated heterocycles. The standard InChI is InChI=1S/C33H43ClN2O5S/c1-21(2)31-8-4-3-7-29(37)26-12-9-24(26)18-36-19-33(15-5-6-22-16-25(34)11-13-27(22)33)20-41-30-14-10-23(17-28(30)36)32(38)35-42(31,39)40/h10-11,13-14,16-17,21,24,26,29,31,37H,3-9,12,15,18-20H2,1-2H3,(H,35,38)/t24?,26-,29+,31-,33+/m1/s1. The van der Waals surface area contributed by atoms with E-state index in [1.807, 2.05) is 26.0 Å². The first-order valence-electron chi connectivity index (χ1n) is 15.6. The minimum absolute atomic E-state index is 0.143. The number of sulfonamides is 1. The lowest BCUT2D eigenvalue weighted by Gasteiger charge is -2.45. The molecule has 0 aromatic heterocycles. The highest BCUT2D eigenvalue weighted by atomic mass is 35.5. The molecule has 4 aliphatic rings. The number of ether oxygens (including phenoxy) is 1. The number of nitrogens with one attached hydrogen (secondary N) is 1. The van der Waals surface area contributed by atoms with Gasteiger partial charge in [0.2, 0.25) is 10.0 Å². The van der Waals surface area contributed by atoms with Crippen LogP contribution in [0.25, 0.3) is 0 Å². The van der Waals surface area contributed by atoms with Crippen molar-refractivity contribution < 1.29 is 23.1 Å². The molecule has 1 saturated carbocycles. The van der Waals surface area contributed by atoms with Gasteiger partial charge < -0.3 is 14.7 Å². The van der Waals surface area contributed by atoms with Gasteiger partial charge in [0, 0.05) is 29.1 Å². The van der Waals surface area contributed by atoms with E-state index < -0.39 is 27.3 Å². The number of aryl methyl sites for hydroxylation is 1. The Bertz CT molecular complexity index is 1450. The van der Waals surface area contributed by atoms with Gasteiger partial charge in [-0.1, -0.05) is 44.4 Å². The number of carbonyl (C=O) groups is 1. The third kappa shape index (κ3) is 5.67. The monoisotopic (exact) mass is 614 g/mol. The summed E-state index contributed by atoms with van der Waals surface area (Å²) < 4.78 is 35.7. The molecule has 1 fully saturated rings. The molecule has 2 aromatic rings. The molecule has 6 rings (SSSR count). The van der Waals surface area contributed by atoms with Crippen LogP contribution in [0.3, 0.4) is 0 Å². The normalized spacial score (nSPS) is 31.3. The molecule has 2 aliphatic carbocycles. The van der Waals surface area contributed by atoms with Crippen LogP contribution in [0.15, 0.2) is 36.4 Å². The number of benzene rings is 2. The Morgan fingerprint density at radius 2 is 1.88 bits per heavy atom. The Balaban J connectivity index is 1.41. The number of fused-ring (bicyclic) bond motifs is 4. The zero-order chi connectivity index (χ0) is 29.6. The van der Waals surface area contributed by atoms with E-state index in [1.54, 1.807) is 12.1 Å². The number of anilines is 1. The van der Waals surface area contributed by atoms with E-state index in [1.165, 1.54) is 11.1 Å². The summed E-state index contributed by atoms with van der Waals surface area (Å²) in [6, 6.07) is 11.5. The molecule has 0 radical (unpaired) electrons. The minimum Gasteiger partial charge on any atom is -0.490 e.